The molecule has 0 saturated carbocycles. The van der Waals surface area contributed by atoms with Crippen LogP contribution < -0.4 is 5.73 Å². The third-order valence-electron chi connectivity index (χ3n) is 5.52. The van der Waals surface area contributed by atoms with E-state index in [-0.39, 0.29) is 24.9 Å². The number of pyridine rings is 3. The van der Waals surface area contributed by atoms with Crippen LogP contribution in [0.5, 0.6) is 0 Å². The quantitative estimate of drug-likeness (QED) is 0.601. The van der Waals surface area contributed by atoms with Crippen molar-refractivity contribution in [2.45, 2.75) is 38.9 Å². The van der Waals surface area contributed by atoms with Gasteiger partial charge in [0.1, 0.15) is 11.5 Å². The number of aromatic nitrogens is 3. The molecule has 2 N–H and O–H groups in total. The second-order valence-corrected chi connectivity index (χ2v) is 7.81. The number of nitrogens with two attached hydrogens (primary N) is 1. The van der Waals surface area contributed by atoms with Crippen molar-refractivity contribution in [2.24, 2.45) is 0 Å². The zero-order chi connectivity index (χ0) is 23.8. The number of amides is 1. The molecular formula is C22H22F3N5O3. The molecule has 0 unspecified atom stereocenters. The maximum absolute atomic E-state index is 13.4. The number of fused-ring (bicyclic) bond motifs is 3. The second-order valence-electron chi connectivity index (χ2n) is 7.81. The molecule has 4 rings (SSSR count). The Morgan fingerprint density at radius 1 is 1.24 bits per heavy atom. The number of methoxy groups -OCH3 is 1. The van der Waals surface area contributed by atoms with Gasteiger partial charge in [-0.15, -0.1) is 0 Å². The number of halogens is 3. The van der Waals surface area contributed by atoms with Crippen molar-refractivity contribution in [1.82, 2.24) is 19.9 Å². The zero-order valence-corrected chi connectivity index (χ0v) is 18.0. The van der Waals surface area contributed by atoms with Crippen molar-refractivity contribution >= 4 is 22.6 Å². The summed E-state index contributed by atoms with van der Waals surface area (Å²) in [6, 6.07) is 3.46. The zero-order valence-electron chi connectivity index (χ0n) is 18.0. The fraction of sp³-hybridized carbons (Fsp3) is 0.364. The minimum absolute atomic E-state index is 0.0115. The van der Waals surface area contributed by atoms with Crippen molar-refractivity contribution in [1.29, 1.82) is 0 Å². The molecule has 174 valence electrons. The van der Waals surface area contributed by atoms with E-state index in [1.165, 1.54) is 24.3 Å². The first-order valence-electron chi connectivity index (χ1n) is 10.2. The van der Waals surface area contributed by atoms with Crippen LogP contribution in [0.3, 0.4) is 0 Å². The second kappa shape index (κ2) is 8.91. The molecule has 0 saturated heterocycles. The molecule has 3 aromatic rings. The molecular weight excluding hydrogens is 439 g/mol. The number of anilines is 1. The van der Waals surface area contributed by atoms with Gasteiger partial charge in [-0.1, -0.05) is 0 Å². The average molecular weight is 461 g/mol. The van der Waals surface area contributed by atoms with Gasteiger partial charge in [-0.2, -0.15) is 13.2 Å². The summed E-state index contributed by atoms with van der Waals surface area (Å²) in [4.78, 5) is 27.4. The van der Waals surface area contributed by atoms with Crippen LogP contribution in [0.1, 0.15) is 39.8 Å². The van der Waals surface area contributed by atoms with E-state index in [2.05, 4.69) is 15.0 Å². The van der Waals surface area contributed by atoms with E-state index >= 15 is 0 Å². The smallest absolute Gasteiger partial charge is 0.383 e. The SMILES string of the molecule is COC[C@@H](C)N(Cc1ccc(C(F)(F)F)cn1)C(=O)c1cc2c3c(c(N)nc2cn1)COC3. The Kier molecular flexibility index (Phi) is 6.17. The molecule has 11 heteroatoms. The van der Waals surface area contributed by atoms with E-state index in [9.17, 15) is 18.0 Å². The summed E-state index contributed by atoms with van der Waals surface area (Å²) in [5.74, 6) is -0.0350. The van der Waals surface area contributed by atoms with Crippen LogP contribution in [-0.2, 0) is 35.4 Å². The Hall–Kier alpha value is -3.31. The number of hydrogen-bond donors (Lipinski definition) is 1. The minimum Gasteiger partial charge on any atom is -0.383 e. The summed E-state index contributed by atoms with van der Waals surface area (Å²) >= 11 is 0. The summed E-state index contributed by atoms with van der Waals surface area (Å²) < 4.78 is 49.3. The maximum Gasteiger partial charge on any atom is 0.417 e. The molecule has 1 aliphatic heterocycles. The van der Waals surface area contributed by atoms with Gasteiger partial charge >= 0.3 is 6.18 Å². The van der Waals surface area contributed by atoms with E-state index in [0.29, 0.717) is 30.2 Å². The highest BCUT2D eigenvalue weighted by Gasteiger charge is 2.31. The third kappa shape index (κ3) is 4.60. The Morgan fingerprint density at radius 3 is 2.67 bits per heavy atom. The summed E-state index contributed by atoms with van der Waals surface area (Å²) in [5, 5.41) is 0.724. The number of alkyl halides is 3. The fourth-order valence-corrected chi connectivity index (χ4v) is 3.76. The summed E-state index contributed by atoms with van der Waals surface area (Å²) in [6.45, 7) is 2.70. The average Bonchev–Trinajstić information content (AvgIpc) is 3.28. The van der Waals surface area contributed by atoms with Gasteiger partial charge in [0.25, 0.3) is 5.91 Å². The Balaban J connectivity index is 1.67. The largest absolute Gasteiger partial charge is 0.417 e. The molecule has 8 nitrogen and oxygen atoms in total. The van der Waals surface area contributed by atoms with Crippen LogP contribution in [0.15, 0.2) is 30.6 Å². The Labute approximate surface area is 187 Å². The van der Waals surface area contributed by atoms with E-state index in [0.717, 1.165) is 28.8 Å². The van der Waals surface area contributed by atoms with Crippen LogP contribution in [0.2, 0.25) is 0 Å². The first-order valence-corrected chi connectivity index (χ1v) is 10.2. The van der Waals surface area contributed by atoms with E-state index in [1.807, 2.05) is 0 Å². The molecule has 1 aliphatic rings. The van der Waals surface area contributed by atoms with Gasteiger partial charge in [0, 0.05) is 24.3 Å². The summed E-state index contributed by atoms with van der Waals surface area (Å²) in [5.41, 5.74) is 7.83. The number of nitrogens with zero attached hydrogens (tertiary/aromatic N) is 4. The van der Waals surface area contributed by atoms with Crippen molar-refractivity contribution in [3.8, 4) is 0 Å². The van der Waals surface area contributed by atoms with Crippen LogP contribution in [0, 0.1) is 0 Å². The standard InChI is InChI=1S/C22H22F3N5O3/c1-12(9-32-2)30(8-14-4-3-13(6-27-14)22(23,24)25)21(31)18-5-15-16-10-33-11-17(16)20(26)29-19(15)7-28-18/h3-7,12H,8-11H2,1-2H3,(H2,26,29)/t12-/m1/s1. The fourth-order valence-electron chi connectivity index (χ4n) is 3.76. The lowest BCUT2D eigenvalue weighted by Crippen LogP contribution is -2.41. The maximum atomic E-state index is 13.4. The molecule has 0 aromatic carbocycles. The molecule has 1 amide bonds. The first-order chi connectivity index (χ1) is 15.7. The molecule has 33 heavy (non-hydrogen) atoms. The van der Waals surface area contributed by atoms with Crippen LogP contribution >= 0.6 is 0 Å². The topological polar surface area (TPSA) is 103 Å². The van der Waals surface area contributed by atoms with Gasteiger partial charge in [-0.05, 0) is 30.7 Å². The lowest BCUT2D eigenvalue weighted by molar-refractivity contribution is -0.137. The van der Waals surface area contributed by atoms with Gasteiger partial charge < -0.3 is 20.1 Å². The van der Waals surface area contributed by atoms with Crippen molar-refractivity contribution in [2.75, 3.05) is 19.5 Å². The highest BCUT2D eigenvalue weighted by atomic mass is 19.4. The molecule has 0 spiro atoms. The molecule has 0 bridgehead atoms. The van der Waals surface area contributed by atoms with Crippen LogP contribution in [0.25, 0.3) is 10.9 Å². The van der Waals surface area contributed by atoms with E-state index < -0.39 is 17.6 Å². The lowest BCUT2D eigenvalue weighted by Gasteiger charge is -2.28. The van der Waals surface area contributed by atoms with Gasteiger partial charge in [0.2, 0.25) is 0 Å². The molecule has 0 aliphatic carbocycles. The van der Waals surface area contributed by atoms with E-state index in [1.54, 1.807) is 13.0 Å². The third-order valence-corrected chi connectivity index (χ3v) is 5.52. The van der Waals surface area contributed by atoms with Gasteiger partial charge in [0.05, 0.1) is 55.4 Å². The van der Waals surface area contributed by atoms with Crippen molar-refractivity contribution in [3.63, 3.8) is 0 Å². The summed E-state index contributed by atoms with van der Waals surface area (Å²) in [6.07, 6.45) is -2.25. The predicted molar refractivity (Wildman–Crippen MR) is 113 cm³/mol. The number of carbonyl (C=O) groups excluding carboxylic acids is 1. The Morgan fingerprint density at radius 2 is 2.00 bits per heavy atom. The first kappa shape index (κ1) is 22.9. The summed E-state index contributed by atoms with van der Waals surface area (Å²) in [7, 11) is 1.50. The number of ether oxygens (including phenoxy) is 2. The van der Waals surface area contributed by atoms with Crippen LogP contribution in [0.4, 0.5) is 19.0 Å². The molecule has 0 radical (unpaired) electrons. The predicted octanol–water partition coefficient (Wildman–Crippen LogP) is 3.33. The molecule has 4 heterocycles. The normalized spacial score (nSPS) is 14.3. The number of hydrogen-bond acceptors (Lipinski definition) is 7. The highest BCUT2D eigenvalue weighted by molar-refractivity contribution is 5.97. The van der Waals surface area contributed by atoms with E-state index in [4.69, 9.17) is 15.2 Å². The Bertz CT molecular complexity index is 1180. The lowest BCUT2D eigenvalue weighted by atomic mass is 10.1. The molecule has 1 atom stereocenters. The van der Waals surface area contributed by atoms with Crippen molar-refractivity contribution < 1.29 is 27.4 Å². The number of rotatable bonds is 6. The highest BCUT2D eigenvalue weighted by Crippen LogP contribution is 2.31. The number of carbonyl (C=O) groups is 1. The minimum atomic E-state index is -4.49. The monoisotopic (exact) mass is 461 g/mol. The van der Waals surface area contributed by atoms with Gasteiger partial charge in [-0.3, -0.25) is 9.78 Å². The molecule has 3 aromatic heterocycles. The van der Waals surface area contributed by atoms with Gasteiger partial charge in [0.15, 0.2) is 0 Å². The number of nitrogen functional groups attached to an aromatic ring is 1. The van der Waals surface area contributed by atoms with Crippen LogP contribution in [-0.4, -0.2) is 45.5 Å². The van der Waals surface area contributed by atoms with Gasteiger partial charge in [-0.25, -0.2) is 9.97 Å². The van der Waals surface area contributed by atoms with Crippen molar-refractivity contribution in [3.05, 3.63) is 58.7 Å². The molecule has 0 fully saturated rings.